The summed E-state index contributed by atoms with van der Waals surface area (Å²) in [6.45, 7) is 0. The molecule has 4 nitrogen and oxygen atoms in total. The number of aromatic amines is 1. The molecule has 2 aromatic carbocycles. The summed E-state index contributed by atoms with van der Waals surface area (Å²) in [7, 11) is 0. The summed E-state index contributed by atoms with van der Waals surface area (Å²) >= 11 is 0. The number of nitrogens with zero attached hydrogens (tertiary/aromatic N) is 2. The smallest absolute Gasteiger partial charge is 0.305 e. The first-order valence-electron chi connectivity index (χ1n) is 5.77. The summed E-state index contributed by atoms with van der Waals surface area (Å²) in [6, 6.07) is 16.7. The van der Waals surface area contributed by atoms with Crippen LogP contribution < -0.4 is 5.69 Å². The highest BCUT2D eigenvalue weighted by atomic mass is 16.1. The maximum absolute atomic E-state index is 11.6. The fraction of sp³-hybridized carbons (Fsp3) is 0. The van der Waals surface area contributed by atoms with Gasteiger partial charge in [0, 0.05) is 10.9 Å². The lowest BCUT2D eigenvalue weighted by Crippen LogP contribution is -2.11. The van der Waals surface area contributed by atoms with Gasteiger partial charge in [-0.05, 0) is 18.2 Å². The van der Waals surface area contributed by atoms with Crippen LogP contribution in [0.5, 0.6) is 0 Å². The molecule has 19 heavy (non-hydrogen) atoms. The topological polar surface area (TPSA) is 69.5 Å². The molecule has 90 valence electrons. The largest absolute Gasteiger partial charge is 0.345 e. The number of rotatable bonds is 1. The Morgan fingerprint density at radius 1 is 1.11 bits per heavy atom. The van der Waals surface area contributed by atoms with E-state index in [0.29, 0.717) is 16.8 Å². The van der Waals surface area contributed by atoms with Gasteiger partial charge in [-0.3, -0.25) is 0 Å². The highest BCUT2D eigenvalue weighted by Crippen LogP contribution is 2.24. The zero-order chi connectivity index (χ0) is 13.2. The molecule has 0 aliphatic heterocycles. The second-order valence-electron chi connectivity index (χ2n) is 4.13. The number of nitriles is 1. The molecule has 0 saturated carbocycles. The van der Waals surface area contributed by atoms with Gasteiger partial charge >= 0.3 is 5.69 Å². The molecule has 4 heteroatoms. The molecule has 3 rings (SSSR count). The molecule has 0 bridgehead atoms. The third-order valence-electron chi connectivity index (χ3n) is 2.91. The molecule has 0 amide bonds. The van der Waals surface area contributed by atoms with E-state index in [1.807, 2.05) is 30.3 Å². The van der Waals surface area contributed by atoms with E-state index < -0.39 is 5.69 Å². The van der Waals surface area contributed by atoms with E-state index in [1.165, 1.54) is 0 Å². The third-order valence-corrected chi connectivity index (χ3v) is 2.91. The molecule has 0 saturated heterocycles. The minimum atomic E-state index is -0.393. The van der Waals surface area contributed by atoms with Crippen molar-refractivity contribution in [2.75, 3.05) is 0 Å². The fourth-order valence-corrected chi connectivity index (χ4v) is 2.04. The number of fused-ring (bicyclic) bond motifs is 1. The average Bonchev–Trinajstić information content (AvgIpc) is 2.47. The van der Waals surface area contributed by atoms with Gasteiger partial charge in [0.2, 0.25) is 0 Å². The van der Waals surface area contributed by atoms with Crippen LogP contribution in [0.1, 0.15) is 5.56 Å². The van der Waals surface area contributed by atoms with Crippen molar-refractivity contribution in [3.63, 3.8) is 0 Å². The van der Waals surface area contributed by atoms with Crippen LogP contribution in [0.25, 0.3) is 22.2 Å². The average molecular weight is 247 g/mol. The molecular formula is C15H9N3O. The predicted molar refractivity (Wildman–Crippen MR) is 72.5 cm³/mol. The maximum Gasteiger partial charge on any atom is 0.345 e. The number of nitrogens with one attached hydrogen (secondary N) is 1. The van der Waals surface area contributed by atoms with Crippen molar-refractivity contribution in [1.82, 2.24) is 9.97 Å². The normalized spacial score (nSPS) is 10.3. The van der Waals surface area contributed by atoms with Crippen LogP contribution in [0.2, 0.25) is 0 Å². The van der Waals surface area contributed by atoms with Crippen molar-refractivity contribution in [2.24, 2.45) is 0 Å². The highest BCUT2D eigenvalue weighted by molar-refractivity contribution is 5.92. The summed E-state index contributed by atoms with van der Waals surface area (Å²) in [5.74, 6) is 0. The Kier molecular flexibility index (Phi) is 2.58. The van der Waals surface area contributed by atoms with Crippen molar-refractivity contribution in [3.8, 4) is 17.3 Å². The van der Waals surface area contributed by atoms with Crippen molar-refractivity contribution in [1.29, 1.82) is 5.26 Å². The van der Waals surface area contributed by atoms with E-state index in [9.17, 15) is 4.79 Å². The standard InChI is InChI=1S/C15H9N3O/c16-9-10-6-7-13-12(8-10)14(18-15(19)17-13)11-4-2-1-3-5-11/h1-8H,(H,17,18,19). The maximum atomic E-state index is 11.6. The van der Waals surface area contributed by atoms with Crippen molar-refractivity contribution in [2.45, 2.75) is 0 Å². The Morgan fingerprint density at radius 3 is 2.63 bits per heavy atom. The highest BCUT2D eigenvalue weighted by Gasteiger charge is 2.08. The van der Waals surface area contributed by atoms with E-state index in [2.05, 4.69) is 16.0 Å². The Labute approximate surface area is 109 Å². The first-order valence-corrected chi connectivity index (χ1v) is 5.77. The molecule has 0 atom stereocenters. The van der Waals surface area contributed by atoms with Crippen molar-refractivity contribution < 1.29 is 0 Å². The summed E-state index contributed by atoms with van der Waals surface area (Å²) in [6.07, 6.45) is 0. The molecule has 3 aromatic rings. The van der Waals surface area contributed by atoms with Crippen LogP contribution in [0.15, 0.2) is 53.3 Å². The van der Waals surface area contributed by atoms with Gasteiger partial charge < -0.3 is 4.98 Å². The predicted octanol–water partition coefficient (Wildman–Crippen LogP) is 2.46. The third kappa shape index (κ3) is 1.98. The Morgan fingerprint density at radius 2 is 1.89 bits per heavy atom. The molecule has 0 radical (unpaired) electrons. The van der Waals surface area contributed by atoms with Gasteiger partial charge in [0.15, 0.2) is 0 Å². The van der Waals surface area contributed by atoms with Crippen LogP contribution in [0, 0.1) is 11.3 Å². The lowest BCUT2D eigenvalue weighted by molar-refractivity contribution is 1.12. The van der Waals surface area contributed by atoms with Crippen LogP contribution in [0.4, 0.5) is 0 Å². The molecule has 0 aliphatic carbocycles. The number of H-pyrrole nitrogens is 1. The quantitative estimate of drug-likeness (QED) is 0.718. The second kappa shape index (κ2) is 4.39. The van der Waals surface area contributed by atoms with Gasteiger partial charge in [0.1, 0.15) is 0 Å². The van der Waals surface area contributed by atoms with Crippen LogP contribution in [-0.4, -0.2) is 9.97 Å². The monoisotopic (exact) mass is 247 g/mol. The first kappa shape index (κ1) is 11.2. The lowest BCUT2D eigenvalue weighted by atomic mass is 10.0. The first-order chi connectivity index (χ1) is 9.28. The molecule has 1 aromatic heterocycles. The van der Waals surface area contributed by atoms with E-state index in [-0.39, 0.29) is 0 Å². The molecule has 1 heterocycles. The Hall–Kier alpha value is -2.93. The number of benzene rings is 2. The van der Waals surface area contributed by atoms with E-state index in [0.717, 1.165) is 10.9 Å². The summed E-state index contributed by atoms with van der Waals surface area (Å²) in [5.41, 5.74) is 2.28. The van der Waals surface area contributed by atoms with Crippen molar-refractivity contribution >= 4 is 10.9 Å². The lowest BCUT2D eigenvalue weighted by Gasteiger charge is -2.05. The zero-order valence-electron chi connectivity index (χ0n) is 9.92. The van der Waals surface area contributed by atoms with Crippen LogP contribution >= 0.6 is 0 Å². The van der Waals surface area contributed by atoms with Gasteiger partial charge in [-0.2, -0.15) is 10.2 Å². The van der Waals surface area contributed by atoms with Gasteiger partial charge in [0.05, 0.1) is 22.8 Å². The number of hydrogen-bond donors (Lipinski definition) is 1. The molecule has 1 N–H and O–H groups in total. The Bertz CT molecular complexity index is 845. The SMILES string of the molecule is N#Cc1ccc2[nH]c(=O)nc(-c3ccccc3)c2c1. The Balaban J connectivity index is 2.40. The number of hydrogen-bond acceptors (Lipinski definition) is 3. The minimum Gasteiger partial charge on any atom is -0.305 e. The second-order valence-corrected chi connectivity index (χ2v) is 4.13. The van der Waals surface area contributed by atoms with E-state index in [4.69, 9.17) is 5.26 Å². The summed E-state index contributed by atoms with van der Waals surface area (Å²) in [5, 5.41) is 9.74. The van der Waals surface area contributed by atoms with Gasteiger partial charge in [-0.25, -0.2) is 4.79 Å². The fourth-order valence-electron chi connectivity index (χ4n) is 2.04. The van der Waals surface area contributed by atoms with Crippen LogP contribution in [0.3, 0.4) is 0 Å². The summed E-state index contributed by atoms with van der Waals surface area (Å²) in [4.78, 5) is 18.3. The molecule has 0 unspecified atom stereocenters. The van der Waals surface area contributed by atoms with E-state index in [1.54, 1.807) is 18.2 Å². The van der Waals surface area contributed by atoms with Gasteiger partial charge in [-0.1, -0.05) is 30.3 Å². The molecular weight excluding hydrogens is 238 g/mol. The van der Waals surface area contributed by atoms with E-state index >= 15 is 0 Å². The zero-order valence-corrected chi connectivity index (χ0v) is 9.92. The number of aromatic nitrogens is 2. The van der Waals surface area contributed by atoms with Crippen molar-refractivity contribution in [3.05, 3.63) is 64.6 Å². The molecule has 0 fully saturated rings. The van der Waals surface area contributed by atoms with Crippen LogP contribution in [-0.2, 0) is 0 Å². The van der Waals surface area contributed by atoms with Gasteiger partial charge in [0.25, 0.3) is 0 Å². The summed E-state index contributed by atoms with van der Waals surface area (Å²) < 4.78 is 0. The molecule has 0 aliphatic rings. The molecule has 0 spiro atoms. The minimum absolute atomic E-state index is 0.393. The van der Waals surface area contributed by atoms with Gasteiger partial charge in [-0.15, -0.1) is 0 Å².